The molecule has 1 aromatic carbocycles. The van der Waals surface area contributed by atoms with E-state index in [1.165, 1.54) is 11.3 Å². The highest BCUT2D eigenvalue weighted by molar-refractivity contribution is 7.12. The van der Waals surface area contributed by atoms with Crippen molar-refractivity contribution in [3.8, 4) is 11.1 Å². The molecule has 0 saturated carbocycles. The van der Waals surface area contributed by atoms with Gasteiger partial charge in [0.25, 0.3) is 5.91 Å². The number of aliphatic hydroxyl groups is 1. The number of hydrogen-bond donors (Lipinski definition) is 1. The average molecular weight is 301 g/mol. The van der Waals surface area contributed by atoms with Crippen LogP contribution < -0.4 is 0 Å². The summed E-state index contributed by atoms with van der Waals surface area (Å²) in [5.41, 5.74) is 2.09. The monoisotopic (exact) mass is 301 g/mol. The Morgan fingerprint density at radius 1 is 1.29 bits per heavy atom. The van der Waals surface area contributed by atoms with Crippen molar-refractivity contribution in [1.82, 2.24) is 4.90 Å². The molecule has 2 heterocycles. The summed E-state index contributed by atoms with van der Waals surface area (Å²) in [6, 6.07) is 12.0. The summed E-state index contributed by atoms with van der Waals surface area (Å²) in [5, 5.41) is 11.3. The van der Waals surface area contributed by atoms with E-state index in [0.717, 1.165) is 35.4 Å². The van der Waals surface area contributed by atoms with Crippen molar-refractivity contribution < 1.29 is 9.90 Å². The van der Waals surface area contributed by atoms with Crippen LogP contribution in [-0.4, -0.2) is 35.6 Å². The standard InChI is InChI=1S/C17H19NO2S/c19-12-13-5-4-9-18(11-13)17(20)16-15(8-10-21-16)14-6-2-1-3-7-14/h1-3,6-8,10,13,19H,4-5,9,11-12H2. The van der Waals surface area contributed by atoms with E-state index >= 15 is 0 Å². The highest BCUT2D eigenvalue weighted by Crippen LogP contribution is 2.30. The lowest BCUT2D eigenvalue weighted by Gasteiger charge is -2.31. The van der Waals surface area contributed by atoms with Gasteiger partial charge in [0.15, 0.2) is 0 Å². The van der Waals surface area contributed by atoms with Gasteiger partial charge in [0.05, 0.1) is 4.88 Å². The Bertz CT molecular complexity index is 608. The number of rotatable bonds is 3. The van der Waals surface area contributed by atoms with Gasteiger partial charge in [0.1, 0.15) is 0 Å². The van der Waals surface area contributed by atoms with E-state index in [4.69, 9.17) is 0 Å². The molecular weight excluding hydrogens is 282 g/mol. The molecule has 2 aromatic rings. The Kier molecular flexibility index (Phi) is 4.36. The van der Waals surface area contributed by atoms with Crippen LogP contribution >= 0.6 is 11.3 Å². The fraction of sp³-hybridized carbons (Fsp3) is 0.353. The average Bonchev–Trinajstić information content (AvgIpc) is 3.04. The molecule has 1 saturated heterocycles. The first-order chi connectivity index (χ1) is 10.3. The fourth-order valence-corrected chi connectivity index (χ4v) is 3.75. The van der Waals surface area contributed by atoms with E-state index < -0.39 is 0 Å². The van der Waals surface area contributed by atoms with Crippen molar-refractivity contribution >= 4 is 17.2 Å². The zero-order valence-corrected chi connectivity index (χ0v) is 12.7. The zero-order chi connectivity index (χ0) is 14.7. The summed E-state index contributed by atoms with van der Waals surface area (Å²) in [5.74, 6) is 0.324. The number of nitrogens with zero attached hydrogens (tertiary/aromatic N) is 1. The predicted molar refractivity (Wildman–Crippen MR) is 85.5 cm³/mol. The molecule has 1 unspecified atom stereocenters. The third-order valence-corrected chi connectivity index (χ3v) is 4.91. The van der Waals surface area contributed by atoms with Gasteiger partial charge in [-0.2, -0.15) is 0 Å². The minimum Gasteiger partial charge on any atom is -0.396 e. The molecule has 3 rings (SSSR count). The SMILES string of the molecule is O=C(c1sccc1-c1ccccc1)N1CCCC(CO)C1. The van der Waals surface area contributed by atoms with Gasteiger partial charge in [-0.05, 0) is 35.8 Å². The molecule has 1 aliphatic heterocycles. The van der Waals surface area contributed by atoms with Crippen LogP contribution in [0.4, 0.5) is 0 Å². The second-order valence-electron chi connectivity index (χ2n) is 5.47. The minimum absolute atomic E-state index is 0.0991. The Morgan fingerprint density at radius 2 is 2.10 bits per heavy atom. The Morgan fingerprint density at radius 3 is 2.86 bits per heavy atom. The van der Waals surface area contributed by atoms with Gasteiger partial charge in [-0.1, -0.05) is 30.3 Å². The summed E-state index contributed by atoms with van der Waals surface area (Å²) in [6.45, 7) is 1.63. The topological polar surface area (TPSA) is 40.5 Å². The first kappa shape index (κ1) is 14.3. The molecule has 1 amide bonds. The third-order valence-electron chi connectivity index (χ3n) is 4.01. The first-order valence-electron chi connectivity index (χ1n) is 7.32. The van der Waals surface area contributed by atoms with Crippen LogP contribution in [0.2, 0.25) is 0 Å². The predicted octanol–water partition coefficient (Wildman–Crippen LogP) is 3.26. The number of thiophene rings is 1. The van der Waals surface area contributed by atoms with Gasteiger partial charge in [-0.25, -0.2) is 0 Å². The molecule has 4 heteroatoms. The molecule has 110 valence electrons. The summed E-state index contributed by atoms with van der Waals surface area (Å²) >= 11 is 1.50. The number of carbonyl (C=O) groups is 1. The number of likely N-dealkylation sites (tertiary alicyclic amines) is 1. The number of amides is 1. The summed E-state index contributed by atoms with van der Waals surface area (Å²) in [4.78, 5) is 15.5. The normalized spacial score (nSPS) is 18.7. The zero-order valence-electron chi connectivity index (χ0n) is 11.9. The lowest BCUT2D eigenvalue weighted by atomic mass is 9.98. The van der Waals surface area contributed by atoms with Crippen LogP contribution in [0, 0.1) is 5.92 Å². The van der Waals surface area contributed by atoms with Gasteiger partial charge in [0, 0.05) is 25.3 Å². The lowest BCUT2D eigenvalue weighted by molar-refractivity contribution is 0.0626. The number of benzene rings is 1. The van der Waals surface area contributed by atoms with E-state index in [1.807, 2.05) is 46.7 Å². The summed E-state index contributed by atoms with van der Waals surface area (Å²) in [6.07, 6.45) is 1.99. The molecule has 1 atom stereocenters. The van der Waals surface area contributed by atoms with Crippen LogP contribution in [0.1, 0.15) is 22.5 Å². The second kappa shape index (κ2) is 6.41. The molecule has 0 bridgehead atoms. The van der Waals surface area contributed by atoms with Crippen molar-refractivity contribution in [2.75, 3.05) is 19.7 Å². The third kappa shape index (κ3) is 3.01. The van der Waals surface area contributed by atoms with Gasteiger partial charge < -0.3 is 10.0 Å². The molecule has 21 heavy (non-hydrogen) atoms. The van der Waals surface area contributed by atoms with E-state index in [9.17, 15) is 9.90 Å². The summed E-state index contributed by atoms with van der Waals surface area (Å²) < 4.78 is 0. The van der Waals surface area contributed by atoms with Gasteiger partial charge >= 0.3 is 0 Å². The van der Waals surface area contributed by atoms with Crippen molar-refractivity contribution in [3.63, 3.8) is 0 Å². The molecule has 1 N–H and O–H groups in total. The van der Waals surface area contributed by atoms with Crippen LogP contribution in [-0.2, 0) is 0 Å². The van der Waals surface area contributed by atoms with E-state index in [2.05, 4.69) is 0 Å². The van der Waals surface area contributed by atoms with Gasteiger partial charge in [0.2, 0.25) is 0 Å². The largest absolute Gasteiger partial charge is 0.396 e. The van der Waals surface area contributed by atoms with Crippen LogP contribution in [0.5, 0.6) is 0 Å². The highest BCUT2D eigenvalue weighted by atomic mass is 32.1. The summed E-state index contributed by atoms with van der Waals surface area (Å²) in [7, 11) is 0. The Hall–Kier alpha value is -1.65. The maximum Gasteiger partial charge on any atom is 0.264 e. The molecule has 1 fully saturated rings. The first-order valence-corrected chi connectivity index (χ1v) is 8.20. The molecule has 1 aromatic heterocycles. The highest BCUT2D eigenvalue weighted by Gasteiger charge is 2.26. The van der Waals surface area contributed by atoms with Crippen molar-refractivity contribution in [2.24, 2.45) is 5.92 Å². The molecule has 0 aliphatic carbocycles. The molecule has 3 nitrogen and oxygen atoms in total. The maximum absolute atomic E-state index is 12.8. The van der Waals surface area contributed by atoms with Crippen LogP contribution in [0.25, 0.3) is 11.1 Å². The number of aliphatic hydroxyl groups excluding tert-OH is 1. The quantitative estimate of drug-likeness (QED) is 0.945. The number of hydrogen-bond acceptors (Lipinski definition) is 3. The minimum atomic E-state index is 0.0991. The molecule has 0 radical (unpaired) electrons. The van der Waals surface area contributed by atoms with Crippen LogP contribution in [0.15, 0.2) is 41.8 Å². The van der Waals surface area contributed by atoms with Crippen LogP contribution in [0.3, 0.4) is 0 Å². The van der Waals surface area contributed by atoms with Crippen molar-refractivity contribution in [3.05, 3.63) is 46.7 Å². The number of piperidine rings is 1. The van der Waals surface area contributed by atoms with Crippen molar-refractivity contribution in [1.29, 1.82) is 0 Å². The maximum atomic E-state index is 12.8. The Labute approximate surface area is 128 Å². The lowest BCUT2D eigenvalue weighted by Crippen LogP contribution is -2.40. The molecule has 1 aliphatic rings. The smallest absolute Gasteiger partial charge is 0.264 e. The Balaban J connectivity index is 1.84. The van der Waals surface area contributed by atoms with Crippen molar-refractivity contribution in [2.45, 2.75) is 12.8 Å². The molecule has 0 spiro atoms. The number of carbonyl (C=O) groups excluding carboxylic acids is 1. The van der Waals surface area contributed by atoms with E-state index in [1.54, 1.807) is 0 Å². The fourth-order valence-electron chi connectivity index (χ4n) is 2.86. The van der Waals surface area contributed by atoms with Gasteiger partial charge in [-0.3, -0.25) is 4.79 Å². The van der Waals surface area contributed by atoms with E-state index in [-0.39, 0.29) is 18.4 Å². The molecular formula is C17H19NO2S. The van der Waals surface area contributed by atoms with Gasteiger partial charge in [-0.15, -0.1) is 11.3 Å². The second-order valence-corrected chi connectivity index (χ2v) is 6.39. The van der Waals surface area contributed by atoms with E-state index in [0.29, 0.717) is 6.54 Å².